The second-order valence-electron chi connectivity index (χ2n) is 16.1. The molecule has 1 atom stereocenters. The van der Waals surface area contributed by atoms with E-state index in [2.05, 4.69) is 27.2 Å². The Labute approximate surface area is 330 Å². The third-order valence-electron chi connectivity index (χ3n) is 12.5. The third kappa shape index (κ3) is 8.12. The highest BCUT2D eigenvalue weighted by Gasteiger charge is 2.41. The molecule has 3 saturated heterocycles. The Morgan fingerprint density at radius 2 is 1.58 bits per heavy atom. The minimum Gasteiger partial charge on any atom is -0.496 e. The Kier molecular flexibility index (Phi) is 10.8. The Bertz CT molecular complexity index is 2050. The fraction of sp³-hybridized carbons (Fsp3) is 0.488. The second-order valence-corrected chi connectivity index (χ2v) is 16.1. The zero-order valence-electron chi connectivity index (χ0n) is 32.0. The monoisotopic (exact) mass is 784 g/mol. The van der Waals surface area contributed by atoms with Crippen LogP contribution in [0.1, 0.15) is 77.1 Å². The summed E-state index contributed by atoms with van der Waals surface area (Å²) in [7, 11) is 1.56. The number of piperazine rings is 1. The van der Waals surface area contributed by atoms with Crippen molar-refractivity contribution in [1.82, 2.24) is 15.1 Å². The molecule has 5 aliphatic rings. The van der Waals surface area contributed by atoms with Gasteiger partial charge in [-0.25, -0.2) is 0 Å². The highest BCUT2D eigenvalue weighted by Crippen LogP contribution is 2.40. The standard InChI is InChI=1S/C43H47F3N6O5/c1-56-38-22-34(20-32-25-52(42(55)40(32)38)37-8-9-39(53)48-41(37)54)51-16-14-49(15-17-51)24-27-18-28(19-27)26-57-35-6-3-29(4-7-35)30-10-12-50(13-11-30)33-5-2-31(23-47)36(21-33)43(44,45)46/h2-7,20-22,27-28,30,37H,8-19,24-26H2,1H3,(H,48,53,54)/t27-,28+,37?. The number of nitriles is 1. The zero-order valence-corrected chi connectivity index (χ0v) is 32.0. The number of amides is 3. The van der Waals surface area contributed by atoms with Crippen LogP contribution in [-0.4, -0.2) is 93.1 Å². The van der Waals surface area contributed by atoms with Crippen molar-refractivity contribution in [2.75, 3.05) is 69.3 Å². The fourth-order valence-electron chi connectivity index (χ4n) is 9.29. The van der Waals surface area contributed by atoms with Crippen LogP contribution in [0.3, 0.4) is 0 Å². The molecule has 3 amide bonds. The molecule has 3 aromatic carbocycles. The summed E-state index contributed by atoms with van der Waals surface area (Å²) in [6, 6.07) is 17.2. The van der Waals surface area contributed by atoms with E-state index in [0.717, 1.165) is 81.5 Å². The van der Waals surface area contributed by atoms with E-state index >= 15 is 0 Å². The summed E-state index contributed by atoms with van der Waals surface area (Å²) < 4.78 is 52.3. The summed E-state index contributed by atoms with van der Waals surface area (Å²) in [5.41, 5.74) is 2.82. The Morgan fingerprint density at radius 3 is 2.25 bits per heavy atom. The van der Waals surface area contributed by atoms with Crippen molar-refractivity contribution in [2.45, 2.75) is 63.2 Å². The van der Waals surface area contributed by atoms with Gasteiger partial charge in [-0.1, -0.05) is 12.1 Å². The van der Waals surface area contributed by atoms with Crippen molar-refractivity contribution < 1.29 is 37.0 Å². The first-order chi connectivity index (χ1) is 27.5. The third-order valence-corrected chi connectivity index (χ3v) is 12.5. The summed E-state index contributed by atoms with van der Waals surface area (Å²) in [5.74, 6) is 1.89. The second kappa shape index (κ2) is 15.9. The van der Waals surface area contributed by atoms with Crippen LogP contribution in [0.2, 0.25) is 0 Å². The Balaban J connectivity index is 0.755. The lowest BCUT2D eigenvalue weighted by atomic mass is 9.75. The number of piperidine rings is 2. The summed E-state index contributed by atoms with van der Waals surface area (Å²) >= 11 is 0. The van der Waals surface area contributed by atoms with E-state index in [1.54, 1.807) is 24.1 Å². The number of imide groups is 1. The minimum absolute atomic E-state index is 0.215. The fourth-order valence-corrected chi connectivity index (χ4v) is 9.29. The molecule has 14 heteroatoms. The molecule has 4 fully saturated rings. The lowest BCUT2D eigenvalue weighted by Crippen LogP contribution is -2.52. The van der Waals surface area contributed by atoms with Crippen molar-refractivity contribution in [3.05, 3.63) is 82.4 Å². The van der Waals surface area contributed by atoms with Crippen molar-refractivity contribution in [3.8, 4) is 17.6 Å². The summed E-state index contributed by atoms with van der Waals surface area (Å²) in [6.07, 6.45) is -0.0894. The van der Waals surface area contributed by atoms with Gasteiger partial charge in [0.05, 0.1) is 36.5 Å². The number of ether oxygens (including phenoxy) is 2. The van der Waals surface area contributed by atoms with E-state index in [9.17, 15) is 27.6 Å². The van der Waals surface area contributed by atoms with E-state index in [1.165, 1.54) is 11.6 Å². The number of fused-ring (bicyclic) bond motifs is 1. The number of carbonyl (C=O) groups is 3. The molecule has 1 aliphatic carbocycles. The number of hydrogen-bond acceptors (Lipinski definition) is 9. The van der Waals surface area contributed by atoms with Crippen molar-refractivity contribution in [2.24, 2.45) is 11.8 Å². The van der Waals surface area contributed by atoms with Gasteiger partial charge in [0, 0.05) is 76.2 Å². The van der Waals surface area contributed by atoms with Crippen LogP contribution in [0, 0.1) is 23.2 Å². The largest absolute Gasteiger partial charge is 0.496 e. The SMILES string of the molecule is COc1cc(N2CCN(C[C@H]3C[C@@H](COc4ccc(C5CCN(c6ccc(C#N)c(C(F)(F)F)c6)CC5)cc4)C3)CC2)cc2c1C(=O)N(C1CCC(=O)NC1=O)C2. The number of halogens is 3. The number of methoxy groups -OCH3 is 1. The van der Waals surface area contributed by atoms with Crippen molar-refractivity contribution >= 4 is 29.1 Å². The lowest BCUT2D eigenvalue weighted by molar-refractivity contribution is -0.138. The van der Waals surface area contributed by atoms with E-state index in [4.69, 9.17) is 14.7 Å². The Hall–Kier alpha value is -5.29. The maximum absolute atomic E-state index is 13.5. The zero-order chi connectivity index (χ0) is 39.8. The lowest BCUT2D eigenvalue weighted by Gasteiger charge is -2.42. The maximum atomic E-state index is 13.5. The van der Waals surface area contributed by atoms with Gasteiger partial charge in [0.1, 0.15) is 17.5 Å². The topological polar surface area (TPSA) is 118 Å². The molecule has 1 saturated carbocycles. The molecular weight excluding hydrogens is 738 g/mol. The number of benzene rings is 3. The van der Waals surface area contributed by atoms with E-state index in [0.29, 0.717) is 67.4 Å². The van der Waals surface area contributed by atoms with Crippen LogP contribution in [-0.2, 0) is 22.3 Å². The number of rotatable bonds is 10. The predicted molar refractivity (Wildman–Crippen MR) is 206 cm³/mol. The number of carbonyl (C=O) groups excluding carboxylic acids is 3. The van der Waals surface area contributed by atoms with Gasteiger partial charge in [-0.15, -0.1) is 0 Å². The molecule has 0 bridgehead atoms. The highest BCUT2D eigenvalue weighted by molar-refractivity contribution is 6.06. The van der Waals surface area contributed by atoms with E-state index in [1.807, 2.05) is 29.2 Å². The van der Waals surface area contributed by atoms with E-state index in [-0.39, 0.29) is 23.8 Å². The van der Waals surface area contributed by atoms with Gasteiger partial charge in [0.2, 0.25) is 11.8 Å². The number of alkyl halides is 3. The number of nitrogens with one attached hydrogen (secondary N) is 1. The van der Waals surface area contributed by atoms with Crippen LogP contribution in [0.25, 0.3) is 0 Å². The molecule has 4 heterocycles. The predicted octanol–water partition coefficient (Wildman–Crippen LogP) is 5.96. The minimum atomic E-state index is -4.57. The molecular formula is C43H47F3N6O5. The van der Waals surface area contributed by atoms with E-state index < -0.39 is 23.7 Å². The first-order valence-corrected chi connectivity index (χ1v) is 19.9. The molecule has 8 rings (SSSR count). The van der Waals surface area contributed by atoms with Gasteiger partial charge in [0.15, 0.2) is 0 Å². The molecule has 0 radical (unpaired) electrons. The van der Waals surface area contributed by atoms with Crippen molar-refractivity contribution in [3.63, 3.8) is 0 Å². The molecule has 1 unspecified atom stereocenters. The maximum Gasteiger partial charge on any atom is 0.417 e. The first kappa shape index (κ1) is 38.6. The molecule has 57 heavy (non-hydrogen) atoms. The smallest absolute Gasteiger partial charge is 0.417 e. The van der Waals surface area contributed by atoms with Crippen LogP contribution >= 0.6 is 0 Å². The molecule has 0 spiro atoms. The number of hydrogen-bond donors (Lipinski definition) is 1. The van der Waals surface area contributed by atoms with Crippen LogP contribution in [0.4, 0.5) is 24.5 Å². The Morgan fingerprint density at radius 1 is 0.860 bits per heavy atom. The van der Waals surface area contributed by atoms with Gasteiger partial charge in [0.25, 0.3) is 5.91 Å². The summed E-state index contributed by atoms with van der Waals surface area (Å²) in [4.78, 5) is 46.0. The van der Waals surface area contributed by atoms with Crippen LogP contribution < -0.4 is 24.6 Å². The molecule has 300 valence electrons. The van der Waals surface area contributed by atoms with Gasteiger partial charge in [-0.3, -0.25) is 24.6 Å². The average Bonchev–Trinajstić information content (AvgIpc) is 3.53. The van der Waals surface area contributed by atoms with Gasteiger partial charge in [-0.05, 0) is 97.4 Å². The molecule has 3 aromatic rings. The summed E-state index contributed by atoms with van der Waals surface area (Å²) in [6.45, 7) is 6.97. The summed E-state index contributed by atoms with van der Waals surface area (Å²) in [5, 5.41) is 11.5. The number of nitrogens with zero attached hydrogens (tertiary/aromatic N) is 5. The van der Waals surface area contributed by atoms with Crippen LogP contribution in [0.15, 0.2) is 54.6 Å². The molecule has 11 nitrogen and oxygen atoms in total. The van der Waals surface area contributed by atoms with Gasteiger partial charge < -0.3 is 24.2 Å². The van der Waals surface area contributed by atoms with Gasteiger partial charge in [-0.2, -0.15) is 18.4 Å². The van der Waals surface area contributed by atoms with Crippen LogP contribution in [0.5, 0.6) is 11.5 Å². The quantitative estimate of drug-likeness (QED) is 0.249. The van der Waals surface area contributed by atoms with Gasteiger partial charge >= 0.3 is 6.18 Å². The molecule has 4 aliphatic heterocycles. The molecule has 0 aromatic heterocycles. The highest BCUT2D eigenvalue weighted by atomic mass is 19.4. The average molecular weight is 785 g/mol. The first-order valence-electron chi connectivity index (χ1n) is 19.9. The molecule has 1 N–H and O–H groups in total. The van der Waals surface area contributed by atoms with Crippen molar-refractivity contribution in [1.29, 1.82) is 5.26 Å². The number of anilines is 2. The normalized spacial score (nSPS) is 23.2.